The van der Waals surface area contributed by atoms with Gasteiger partial charge in [-0.05, 0) is 29.3 Å². The van der Waals surface area contributed by atoms with E-state index in [0.717, 1.165) is 23.0 Å². The summed E-state index contributed by atoms with van der Waals surface area (Å²) in [6, 6.07) is 19.1. The molecular formula is C20H17NO3. The van der Waals surface area contributed by atoms with Crippen molar-refractivity contribution in [1.29, 1.82) is 0 Å². The van der Waals surface area contributed by atoms with E-state index in [1.165, 1.54) is 0 Å². The average Bonchev–Trinajstić information content (AvgIpc) is 2.67. The lowest BCUT2D eigenvalue weighted by atomic mass is 10.0. The Bertz CT molecular complexity index is 814. The van der Waals surface area contributed by atoms with Gasteiger partial charge in [0.15, 0.2) is 6.29 Å². The maximum Gasteiger partial charge on any atom is 0.213 e. The quantitative estimate of drug-likeness (QED) is 0.640. The van der Waals surface area contributed by atoms with E-state index in [2.05, 4.69) is 4.98 Å². The normalized spacial score (nSPS) is 10.2. The molecule has 0 saturated heterocycles. The summed E-state index contributed by atoms with van der Waals surface area (Å²) in [5.74, 6) is 1.12. The highest BCUT2D eigenvalue weighted by atomic mass is 16.5. The average molecular weight is 319 g/mol. The van der Waals surface area contributed by atoms with E-state index in [1.807, 2.05) is 48.5 Å². The molecule has 3 aromatic rings. The van der Waals surface area contributed by atoms with Crippen molar-refractivity contribution in [1.82, 2.24) is 4.98 Å². The van der Waals surface area contributed by atoms with Gasteiger partial charge in [0.05, 0.1) is 12.7 Å². The predicted molar refractivity (Wildman–Crippen MR) is 92.4 cm³/mol. The van der Waals surface area contributed by atoms with Crippen LogP contribution < -0.4 is 9.47 Å². The van der Waals surface area contributed by atoms with Crippen LogP contribution >= 0.6 is 0 Å². The van der Waals surface area contributed by atoms with Gasteiger partial charge in [-0.3, -0.25) is 4.79 Å². The number of hydrogen-bond acceptors (Lipinski definition) is 4. The second-order valence-corrected chi connectivity index (χ2v) is 5.23. The van der Waals surface area contributed by atoms with Gasteiger partial charge in [0.25, 0.3) is 0 Å². The third-order valence-electron chi connectivity index (χ3n) is 3.66. The number of nitrogens with zero attached hydrogens (tertiary/aromatic N) is 1. The van der Waals surface area contributed by atoms with Crippen LogP contribution in [0.3, 0.4) is 0 Å². The minimum absolute atomic E-state index is 0.477. The highest BCUT2D eigenvalue weighted by Gasteiger charge is 2.06. The number of methoxy groups -OCH3 is 1. The van der Waals surface area contributed by atoms with Crippen molar-refractivity contribution in [2.24, 2.45) is 0 Å². The Kier molecular flexibility index (Phi) is 4.87. The van der Waals surface area contributed by atoms with Crippen molar-refractivity contribution >= 4 is 6.29 Å². The Balaban J connectivity index is 1.73. The molecule has 120 valence electrons. The number of aldehydes is 1. The third kappa shape index (κ3) is 3.60. The minimum Gasteiger partial charge on any atom is -0.496 e. The molecule has 2 aromatic carbocycles. The van der Waals surface area contributed by atoms with Crippen molar-refractivity contribution in [2.45, 2.75) is 6.61 Å². The van der Waals surface area contributed by atoms with Crippen molar-refractivity contribution in [2.75, 3.05) is 7.11 Å². The first-order chi connectivity index (χ1) is 11.8. The predicted octanol–water partition coefficient (Wildman–Crippen LogP) is 4.15. The lowest BCUT2D eigenvalue weighted by Crippen LogP contribution is -1.97. The summed E-state index contributed by atoms with van der Waals surface area (Å²) >= 11 is 0. The van der Waals surface area contributed by atoms with E-state index < -0.39 is 0 Å². The lowest BCUT2D eigenvalue weighted by Gasteiger charge is -2.08. The highest BCUT2D eigenvalue weighted by Crippen LogP contribution is 2.26. The maximum absolute atomic E-state index is 11.1. The van der Waals surface area contributed by atoms with Gasteiger partial charge in [0.1, 0.15) is 12.4 Å². The first-order valence-corrected chi connectivity index (χ1v) is 7.56. The molecule has 1 heterocycles. The summed E-state index contributed by atoms with van der Waals surface area (Å²) < 4.78 is 10.8. The summed E-state index contributed by atoms with van der Waals surface area (Å²) in [5.41, 5.74) is 3.42. The molecule has 0 fully saturated rings. The molecule has 0 spiro atoms. The van der Waals surface area contributed by atoms with E-state index in [0.29, 0.717) is 23.8 Å². The monoisotopic (exact) mass is 319 g/mol. The van der Waals surface area contributed by atoms with Gasteiger partial charge in [0, 0.05) is 17.8 Å². The molecule has 0 aliphatic rings. The van der Waals surface area contributed by atoms with Gasteiger partial charge in [-0.15, -0.1) is 0 Å². The van der Waals surface area contributed by atoms with Crippen LogP contribution in [0.4, 0.5) is 0 Å². The van der Waals surface area contributed by atoms with Crippen LogP contribution in [-0.2, 0) is 6.61 Å². The molecule has 0 amide bonds. The van der Waals surface area contributed by atoms with Gasteiger partial charge in [-0.1, -0.05) is 36.4 Å². The van der Waals surface area contributed by atoms with Crippen molar-refractivity contribution in [3.05, 3.63) is 78.0 Å². The molecule has 1 aromatic heterocycles. The molecule has 0 aliphatic heterocycles. The smallest absolute Gasteiger partial charge is 0.213 e. The van der Waals surface area contributed by atoms with Crippen LogP contribution in [0.25, 0.3) is 11.1 Å². The van der Waals surface area contributed by atoms with E-state index in [-0.39, 0.29) is 0 Å². The van der Waals surface area contributed by atoms with Crippen LogP contribution in [0.2, 0.25) is 0 Å². The number of benzene rings is 2. The summed E-state index contributed by atoms with van der Waals surface area (Å²) in [5, 5.41) is 0. The van der Waals surface area contributed by atoms with Crippen molar-refractivity contribution < 1.29 is 14.3 Å². The van der Waals surface area contributed by atoms with E-state index in [1.54, 1.807) is 25.4 Å². The Hall–Kier alpha value is -3.14. The van der Waals surface area contributed by atoms with Gasteiger partial charge in [0.2, 0.25) is 5.88 Å². The molecule has 4 nitrogen and oxygen atoms in total. The Morgan fingerprint density at radius 3 is 2.46 bits per heavy atom. The number of carbonyl (C=O) groups excluding carboxylic acids is 1. The zero-order chi connectivity index (χ0) is 16.8. The second-order valence-electron chi connectivity index (χ2n) is 5.23. The first kappa shape index (κ1) is 15.7. The molecule has 0 aliphatic carbocycles. The molecule has 24 heavy (non-hydrogen) atoms. The van der Waals surface area contributed by atoms with Crippen LogP contribution in [0.1, 0.15) is 15.9 Å². The molecule has 0 radical (unpaired) electrons. The fourth-order valence-electron chi connectivity index (χ4n) is 2.37. The lowest BCUT2D eigenvalue weighted by molar-refractivity contribution is 0.112. The van der Waals surface area contributed by atoms with Crippen molar-refractivity contribution in [3.8, 4) is 22.8 Å². The van der Waals surface area contributed by atoms with Gasteiger partial charge < -0.3 is 9.47 Å². The number of carbonyl (C=O) groups is 1. The topological polar surface area (TPSA) is 48.4 Å². The second kappa shape index (κ2) is 7.42. The molecular weight excluding hydrogens is 302 g/mol. The van der Waals surface area contributed by atoms with E-state index >= 15 is 0 Å². The van der Waals surface area contributed by atoms with Crippen LogP contribution in [0.15, 0.2) is 66.9 Å². The summed E-state index contributed by atoms with van der Waals surface area (Å²) in [6.45, 7) is 0.477. The van der Waals surface area contributed by atoms with Crippen LogP contribution in [0.5, 0.6) is 11.6 Å². The zero-order valence-corrected chi connectivity index (χ0v) is 13.3. The summed E-state index contributed by atoms with van der Waals surface area (Å²) in [7, 11) is 1.54. The van der Waals surface area contributed by atoms with E-state index in [4.69, 9.17) is 9.47 Å². The standard InChI is InChI=1S/C20H17NO3/c1-23-19-9-7-16(11-18(19)13-22)17-8-10-20(21-12-17)24-14-15-5-3-2-4-6-15/h2-13H,14H2,1H3. The summed E-state index contributed by atoms with van der Waals surface area (Å²) in [4.78, 5) is 15.5. The number of aromatic nitrogens is 1. The number of pyridine rings is 1. The molecule has 3 rings (SSSR count). The summed E-state index contributed by atoms with van der Waals surface area (Å²) in [6.07, 6.45) is 2.52. The third-order valence-corrected chi connectivity index (χ3v) is 3.66. The minimum atomic E-state index is 0.477. The first-order valence-electron chi connectivity index (χ1n) is 7.56. The fourth-order valence-corrected chi connectivity index (χ4v) is 2.37. The van der Waals surface area contributed by atoms with Gasteiger partial charge >= 0.3 is 0 Å². The molecule has 0 N–H and O–H groups in total. The van der Waals surface area contributed by atoms with Gasteiger partial charge in [-0.2, -0.15) is 0 Å². The highest BCUT2D eigenvalue weighted by molar-refractivity contribution is 5.82. The zero-order valence-electron chi connectivity index (χ0n) is 13.3. The Morgan fingerprint density at radius 1 is 1.00 bits per heavy atom. The number of rotatable bonds is 6. The number of ether oxygens (including phenoxy) is 2. The largest absolute Gasteiger partial charge is 0.496 e. The van der Waals surface area contributed by atoms with Crippen molar-refractivity contribution in [3.63, 3.8) is 0 Å². The molecule has 0 atom stereocenters. The van der Waals surface area contributed by atoms with Gasteiger partial charge in [-0.25, -0.2) is 4.98 Å². The van der Waals surface area contributed by atoms with E-state index in [9.17, 15) is 4.79 Å². The maximum atomic E-state index is 11.1. The number of hydrogen-bond donors (Lipinski definition) is 0. The Morgan fingerprint density at radius 2 is 1.79 bits per heavy atom. The molecule has 0 saturated carbocycles. The fraction of sp³-hybridized carbons (Fsp3) is 0.100. The van der Waals surface area contributed by atoms with Crippen LogP contribution in [0, 0.1) is 0 Å². The SMILES string of the molecule is COc1ccc(-c2ccc(OCc3ccccc3)nc2)cc1C=O. The Labute approximate surface area is 140 Å². The molecule has 0 bridgehead atoms. The molecule has 4 heteroatoms. The van der Waals surface area contributed by atoms with Crippen LogP contribution in [-0.4, -0.2) is 18.4 Å². The molecule has 0 unspecified atom stereocenters.